The van der Waals surface area contributed by atoms with E-state index in [-0.39, 0.29) is 5.56 Å². The molecule has 0 saturated carbocycles. The summed E-state index contributed by atoms with van der Waals surface area (Å²) in [5.41, 5.74) is 4.11. The summed E-state index contributed by atoms with van der Waals surface area (Å²) in [6.45, 7) is 6.09. The normalized spacial score (nSPS) is 14.1. The Morgan fingerprint density at radius 1 is 0.900 bits per heavy atom. The Kier molecular flexibility index (Phi) is 5.44. The highest BCUT2D eigenvalue weighted by Crippen LogP contribution is 2.24. The minimum atomic E-state index is -0.838. The van der Waals surface area contributed by atoms with Crippen molar-refractivity contribution in [3.8, 4) is 11.3 Å². The van der Waals surface area contributed by atoms with Crippen LogP contribution in [0.4, 0.5) is 14.6 Å². The van der Waals surface area contributed by atoms with Crippen molar-refractivity contribution in [2.45, 2.75) is 13.8 Å². The molecule has 4 rings (SSSR count). The molecule has 0 spiro atoms. The summed E-state index contributed by atoms with van der Waals surface area (Å²) in [6, 6.07) is 13.1. The SMILES string of the molecule is Cc1ccc(-c2ccc(N3CCN(C(=O)c4ccc(F)cc4F)CC3)nn2)c(C)c1. The van der Waals surface area contributed by atoms with Gasteiger partial charge in [0.1, 0.15) is 11.6 Å². The average molecular weight is 408 g/mol. The van der Waals surface area contributed by atoms with Gasteiger partial charge in [0.15, 0.2) is 5.82 Å². The maximum Gasteiger partial charge on any atom is 0.256 e. The van der Waals surface area contributed by atoms with E-state index in [1.807, 2.05) is 23.1 Å². The first-order valence-corrected chi connectivity index (χ1v) is 9.83. The van der Waals surface area contributed by atoms with Gasteiger partial charge >= 0.3 is 0 Å². The van der Waals surface area contributed by atoms with Crippen LogP contribution in [0.25, 0.3) is 11.3 Å². The molecule has 7 heteroatoms. The fourth-order valence-electron chi connectivity index (χ4n) is 3.71. The number of anilines is 1. The molecule has 1 fully saturated rings. The number of aromatic nitrogens is 2. The van der Waals surface area contributed by atoms with Crippen LogP contribution >= 0.6 is 0 Å². The Labute approximate surface area is 174 Å². The second-order valence-electron chi connectivity index (χ2n) is 7.50. The Morgan fingerprint density at radius 3 is 2.30 bits per heavy atom. The summed E-state index contributed by atoms with van der Waals surface area (Å²) in [5.74, 6) is -1.22. The van der Waals surface area contributed by atoms with Crippen molar-refractivity contribution in [3.63, 3.8) is 0 Å². The molecule has 1 aliphatic rings. The Morgan fingerprint density at radius 2 is 1.67 bits per heavy atom. The number of hydrogen-bond donors (Lipinski definition) is 0. The zero-order chi connectivity index (χ0) is 21.3. The largest absolute Gasteiger partial charge is 0.352 e. The van der Waals surface area contributed by atoms with Crippen LogP contribution in [0.3, 0.4) is 0 Å². The van der Waals surface area contributed by atoms with Crippen molar-refractivity contribution in [3.05, 3.63) is 76.9 Å². The summed E-state index contributed by atoms with van der Waals surface area (Å²) >= 11 is 0. The van der Waals surface area contributed by atoms with Gasteiger partial charge in [-0.3, -0.25) is 4.79 Å². The number of benzene rings is 2. The van der Waals surface area contributed by atoms with Crippen LogP contribution in [0.15, 0.2) is 48.5 Å². The maximum atomic E-state index is 13.9. The van der Waals surface area contributed by atoms with Gasteiger partial charge in [0.2, 0.25) is 0 Å². The van der Waals surface area contributed by atoms with Gasteiger partial charge in [-0.25, -0.2) is 8.78 Å². The molecular weight excluding hydrogens is 386 g/mol. The molecule has 0 unspecified atom stereocenters. The zero-order valence-corrected chi connectivity index (χ0v) is 16.9. The zero-order valence-electron chi connectivity index (χ0n) is 16.9. The van der Waals surface area contributed by atoms with Crippen molar-refractivity contribution in [1.29, 1.82) is 0 Å². The van der Waals surface area contributed by atoms with Crippen LogP contribution in [0, 0.1) is 25.5 Å². The summed E-state index contributed by atoms with van der Waals surface area (Å²) < 4.78 is 27.0. The van der Waals surface area contributed by atoms with Crippen molar-refractivity contribution in [1.82, 2.24) is 15.1 Å². The van der Waals surface area contributed by atoms with Gasteiger partial charge in [0, 0.05) is 37.8 Å². The van der Waals surface area contributed by atoms with Crippen LogP contribution in [-0.2, 0) is 0 Å². The van der Waals surface area contributed by atoms with Crippen molar-refractivity contribution in [2.24, 2.45) is 0 Å². The molecular formula is C23H22F2N4O. The van der Waals surface area contributed by atoms with Crippen LogP contribution in [0.5, 0.6) is 0 Å². The molecule has 154 valence electrons. The van der Waals surface area contributed by atoms with E-state index < -0.39 is 17.5 Å². The second-order valence-corrected chi connectivity index (χ2v) is 7.50. The van der Waals surface area contributed by atoms with E-state index in [0.717, 1.165) is 34.8 Å². The van der Waals surface area contributed by atoms with Crippen molar-refractivity contribution < 1.29 is 13.6 Å². The second kappa shape index (κ2) is 8.18. The molecule has 0 aliphatic carbocycles. The number of amides is 1. The van der Waals surface area contributed by atoms with Crippen molar-refractivity contribution in [2.75, 3.05) is 31.1 Å². The molecule has 2 heterocycles. The predicted octanol–water partition coefficient (Wildman–Crippen LogP) is 4.00. The molecule has 3 aromatic rings. The molecule has 0 radical (unpaired) electrons. The van der Waals surface area contributed by atoms with E-state index in [1.54, 1.807) is 4.90 Å². The third-order valence-corrected chi connectivity index (χ3v) is 5.36. The lowest BCUT2D eigenvalue weighted by atomic mass is 10.0. The first-order valence-electron chi connectivity index (χ1n) is 9.83. The summed E-state index contributed by atoms with van der Waals surface area (Å²) in [4.78, 5) is 16.2. The summed E-state index contributed by atoms with van der Waals surface area (Å²) in [5, 5.41) is 8.74. The number of halogens is 2. The smallest absolute Gasteiger partial charge is 0.256 e. The monoisotopic (exact) mass is 408 g/mol. The number of carbonyl (C=O) groups is 1. The lowest BCUT2D eigenvalue weighted by Crippen LogP contribution is -2.49. The van der Waals surface area contributed by atoms with E-state index in [2.05, 4.69) is 36.2 Å². The molecule has 5 nitrogen and oxygen atoms in total. The Hall–Kier alpha value is -3.35. The van der Waals surface area contributed by atoms with E-state index >= 15 is 0 Å². The lowest BCUT2D eigenvalue weighted by Gasteiger charge is -2.35. The quantitative estimate of drug-likeness (QED) is 0.657. The minimum Gasteiger partial charge on any atom is -0.352 e. The number of piperazine rings is 1. The number of nitrogens with zero attached hydrogens (tertiary/aromatic N) is 4. The topological polar surface area (TPSA) is 49.3 Å². The highest BCUT2D eigenvalue weighted by Gasteiger charge is 2.25. The molecule has 0 N–H and O–H groups in total. The molecule has 1 aliphatic heterocycles. The van der Waals surface area contributed by atoms with Gasteiger partial charge in [0.05, 0.1) is 11.3 Å². The van der Waals surface area contributed by atoms with Crippen LogP contribution in [0.2, 0.25) is 0 Å². The van der Waals surface area contributed by atoms with Gasteiger partial charge in [-0.05, 0) is 43.7 Å². The van der Waals surface area contributed by atoms with Gasteiger partial charge in [-0.2, -0.15) is 0 Å². The van der Waals surface area contributed by atoms with Gasteiger partial charge in [0.25, 0.3) is 5.91 Å². The molecule has 1 saturated heterocycles. The molecule has 0 atom stereocenters. The molecule has 1 aromatic heterocycles. The number of hydrogen-bond acceptors (Lipinski definition) is 4. The molecule has 30 heavy (non-hydrogen) atoms. The summed E-state index contributed by atoms with van der Waals surface area (Å²) in [7, 11) is 0. The van der Waals surface area contributed by atoms with Crippen molar-refractivity contribution >= 4 is 11.7 Å². The van der Waals surface area contributed by atoms with Crippen LogP contribution in [0.1, 0.15) is 21.5 Å². The highest BCUT2D eigenvalue weighted by molar-refractivity contribution is 5.94. The lowest BCUT2D eigenvalue weighted by molar-refractivity contribution is 0.0741. The maximum absolute atomic E-state index is 13.9. The Balaban J connectivity index is 1.42. The molecule has 0 bridgehead atoms. The van der Waals surface area contributed by atoms with E-state index in [9.17, 15) is 13.6 Å². The third-order valence-electron chi connectivity index (χ3n) is 5.36. The van der Waals surface area contributed by atoms with Gasteiger partial charge in [-0.1, -0.05) is 23.8 Å². The van der Waals surface area contributed by atoms with Gasteiger partial charge in [-0.15, -0.1) is 10.2 Å². The standard InChI is InChI=1S/C23H22F2N4O/c1-15-3-5-18(16(2)13-15)21-7-8-22(27-26-21)28-9-11-29(12-10-28)23(30)19-6-4-17(24)14-20(19)25/h3-8,13-14H,9-12H2,1-2H3. The summed E-state index contributed by atoms with van der Waals surface area (Å²) in [6.07, 6.45) is 0. The van der Waals surface area contributed by atoms with Gasteiger partial charge < -0.3 is 9.80 Å². The first-order chi connectivity index (χ1) is 14.4. The number of carbonyl (C=O) groups excluding carboxylic acids is 1. The number of rotatable bonds is 3. The fraction of sp³-hybridized carbons (Fsp3) is 0.261. The van der Waals surface area contributed by atoms with E-state index in [1.165, 1.54) is 11.6 Å². The van der Waals surface area contributed by atoms with E-state index in [0.29, 0.717) is 26.2 Å². The number of aryl methyl sites for hydroxylation is 2. The third kappa shape index (κ3) is 4.01. The molecule has 1 amide bonds. The first kappa shape index (κ1) is 19.9. The van der Waals surface area contributed by atoms with E-state index in [4.69, 9.17) is 0 Å². The predicted molar refractivity (Wildman–Crippen MR) is 111 cm³/mol. The highest BCUT2D eigenvalue weighted by atomic mass is 19.1. The fourth-order valence-corrected chi connectivity index (χ4v) is 3.71. The minimum absolute atomic E-state index is 0.109. The van der Waals surface area contributed by atoms with Crippen LogP contribution < -0.4 is 4.90 Å². The Bertz CT molecular complexity index is 1080. The molecule has 2 aromatic carbocycles. The average Bonchev–Trinajstić information content (AvgIpc) is 2.74. The van der Waals surface area contributed by atoms with Crippen LogP contribution in [-0.4, -0.2) is 47.2 Å².